The van der Waals surface area contributed by atoms with Crippen molar-refractivity contribution in [1.29, 1.82) is 5.26 Å². The highest BCUT2D eigenvalue weighted by Crippen LogP contribution is 2.45. The number of hydrogen-bond donors (Lipinski definition) is 0. The van der Waals surface area contributed by atoms with E-state index in [-0.39, 0.29) is 0 Å². The monoisotopic (exact) mass is 511 g/mol. The van der Waals surface area contributed by atoms with Crippen molar-refractivity contribution in [2.75, 3.05) is 0 Å². The van der Waals surface area contributed by atoms with E-state index in [0.717, 1.165) is 77.3 Å². The Morgan fingerprint density at radius 2 is 1.02 bits per heavy atom. The van der Waals surface area contributed by atoms with E-state index in [2.05, 4.69) is 66.7 Å². The third kappa shape index (κ3) is 3.30. The summed E-state index contributed by atoms with van der Waals surface area (Å²) in [6.07, 6.45) is 0. The van der Waals surface area contributed by atoms with Crippen LogP contribution in [0, 0.1) is 11.3 Å². The number of hydrogen-bond acceptors (Lipinski definition) is 3. The van der Waals surface area contributed by atoms with Crippen LogP contribution >= 0.6 is 0 Å². The standard InChI is InChI=1S/C37H21NO2/c38-22-24-9-1-2-10-25(24)28-13-7-14-29(31-16-8-15-30-26-11-3-6-18-34(26)40-37(30)31)36(28)23-19-20-35-32(21-23)27-12-4-5-17-33(27)39-35/h1-21H. The largest absolute Gasteiger partial charge is 0.456 e. The molecule has 0 saturated carbocycles. The van der Waals surface area contributed by atoms with Gasteiger partial charge in [0.25, 0.3) is 0 Å². The lowest BCUT2D eigenvalue weighted by Crippen LogP contribution is -1.93. The molecule has 0 aliphatic rings. The molecule has 2 aromatic heterocycles. The van der Waals surface area contributed by atoms with Crippen LogP contribution in [-0.2, 0) is 0 Å². The number of rotatable bonds is 3. The average Bonchev–Trinajstić information content (AvgIpc) is 3.59. The molecule has 0 fully saturated rings. The van der Waals surface area contributed by atoms with E-state index in [1.807, 2.05) is 66.7 Å². The Bertz CT molecular complexity index is 2290. The fourth-order valence-electron chi connectivity index (χ4n) is 5.97. The zero-order chi connectivity index (χ0) is 26.6. The number of fused-ring (bicyclic) bond motifs is 6. The molecule has 2 heterocycles. The van der Waals surface area contributed by atoms with E-state index in [1.165, 1.54) is 0 Å². The van der Waals surface area contributed by atoms with E-state index in [4.69, 9.17) is 8.83 Å². The zero-order valence-corrected chi connectivity index (χ0v) is 21.4. The van der Waals surface area contributed by atoms with Gasteiger partial charge in [-0.1, -0.05) is 97.1 Å². The molecule has 0 saturated heterocycles. The summed E-state index contributed by atoms with van der Waals surface area (Å²) >= 11 is 0. The van der Waals surface area contributed by atoms with E-state index in [9.17, 15) is 5.26 Å². The minimum atomic E-state index is 0.637. The van der Waals surface area contributed by atoms with Crippen LogP contribution in [-0.4, -0.2) is 0 Å². The highest BCUT2D eigenvalue weighted by molar-refractivity contribution is 6.12. The van der Waals surface area contributed by atoms with E-state index in [1.54, 1.807) is 0 Å². The van der Waals surface area contributed by atoms with Crippen LogP contribution in [0.5, 0.6) is 0 Å². The van der Waals surface area contributed by atoms with Gasteiger partial charge in [0.15, 0.2) is 0 Å². The van der Waals surface area contributed by atoms with Gasteiger partial charge in [-0.2, -0.15) is 5.26 Å². The topological polar surface area (TPSA) is 50.1 Å². The Hall–Kier alpha value is -5.59. The molecular weight excluding hydrogens is 490 g/mol. The van der Waals surface area contributed by atoms with Gasteiger partial charge >= 0.3 is 0 Å². The van der Waals surface area contributed by atoms with Crippen molar-refractivity contribution in [3.05, 3.63) is 133 Å². The lowest BCUT2D eigenvalue weighted by atomic mass is 9.85. The zero-order valence-electron chi connectivity index (χ0n) is 21.4. The molecule has 0 bridgehead atoms. The fourth-order valence-corrected chi connectivity index (χ4v) is 5.97. The summed E-state index contributed by atoms with van der Waals surface area (Å²) in [4.78, 5) is 0. The molecule has 0 spiro atoms. The first-order chi connectivity index (χ1) is 19.8. The van der Waals surface area contributed by atoms with Gasteiger partial charge < -0.3 is 8.83 Å². The molecule has 0 N–H and O–H groups in total. The average molecular weight is 512 g/mol. The van der Waals surface area contributed by atoms with E-state index < -0.39 is 0 Å². The molecule has 3 heteroatoms. The second-order valence-electron chi connectivity index (χ2n) is 9.98. The van der Waals surface area contributed by atoms with Crippen molar-refractivity contribution in [2.45, 2.75) is 0 Å². The highest BCUT2D eigenvalue weighted by atomic mass is 16.3. The molecule has 8 aromatic rings. The van der Waals surface area contributed by atoms with Crippen molar-refractivity contribution in [3.8, 4) is 39.4 Å². The SMILES string of the molecule is N#Cc1ccccc1-c1cccc(-c2cccc3c2oc2ccccc23)c1-c1ccc2oc3ccccc3c2c1. The number of furan rings is 2. The van der Waals surface area contributed by atoms with Gasteiger partial charge in [-0.25, -0.2) is 0 Å². The third-order valence-electron chi connectivity index (χ3n) is 7.76. The molecule has 0 amide bonds. The summed E-state index contributed by atoms with van der Waals surface area (Å²) in [5, 5.41) is 14.3. The Morgan fingerprint density at radius 3 is 1.85 bits per heavy atom. The minimum Gasteiger partial charge on any atom is -0.456 e. The normalized spacial score (nSPS) is 11.5. The first-order valence-corrected chi connectivity index (χ1v) is 13.2. The maximum absolute atomic E-state index is 10.0. The van der Waals surface area contributed by atoms with Crippen molar-refractivity contribution >= 4 is 43.9 Å². The maximum Gasteiger partial charge on any atom is 0.143 e. The molecule has 0 unspecified atom stereocenters. The molecular formula is C37H21NO2. The van der Waals surface area contributed by atoms with E-state index >= 15 is 0 Å². The summed E-state index contributed by atoms with van der Waals surface area (Å²) in [5.74, 6) is 0. The maximum atomic E-state index is 10.0. The first kappa shape index (κ1) is 22.4. The van der Waals surface area contributed by atoms with Gasteiger partial charge in [0.1, 0.15) is 22.3 Å². The van der Waals surface area contributed by atoms with Gasteiger partial charge in [-0.15, -0.1) is 0 Å². The summed E-state index contributed by atoms with van der Waals surface area (Å²) in [5.41, 5.74) is 10.1. The molecule has 186 valence electrons. The van der Waals surface area contributed by atoms with Crippen molar-refractivity contribution in [3.63, 3.8) is 0 Å². The molecule has 8 rings (SSSR count). The molecule has 3 nitrogen and oxygen atoms in total. The van der Waals surface area contributed by atoms with Crippen LogP contribution in [0.1, 0.15) is 5.56 Å². The smallest absolute Gasteiger partial charge is 0.143 e. The second kappa shape index (κ2) is 8.73. The predicted molar refractivity (Wildman–Crippen MR) is 162 cm³/mol. The molecule has 0 radical (unpaired) electrons. The van der Waals surface area contributed by atoms with Crippen molar-refractivity contribution in [2.24, 2.45) is 0 Å². The van der Waals surface area contributed by atoms with Gasteiger partial charge in [0, 0.05) is 32.7 Å². The molecule has 0 aliphatic carbocycles. The van der Waals surface area contributed by atoms with Gasteiger partial charge in [0.2, 0.25) is 0 Å². The van der Waals surface area contributed by atoms with Crippen LogP contribution in [0.4, 0.5) is 0 Å². The summed E-state index contributed by atoms with van der Waals surface area (Å²) in [6.45, 7) is 0. The Balaban J connectivity index is 1.49. The van der Waals surface area contributed by atoms with E-state index in [0.29, 0.717) is 5.56 Å². The third-order valence-corrected chi connectivity index (χ3v) is 7.76. The van der Waals surface area contributed by atoms with Crippen LogP contribution in [0.25, 0.3) is 77.3 Å². The molecule has 0 atom stereocenters. The minimum absolute atomic E-state index is 0.637. The van der Waals surface area contributed by atoms with Crippen LogP contribution in [0.2, 0.25) is 0 Å². The summed E-state index contributed by atoms with van der Waals surface area (Å²) < 4.78 is 12.6. The highest BCUT2D eigenvalue weighted by Gasteiger charge is 2.20. The van der Waals surface area contributed by atoms with Crippen LogP contribution in [0.15, 0.2) is 136 Å². The number of nitriles is 1. The second-order valence-corrected chi connectivity index (χ2v) is 9.98. The van der Waals surface area contributed by atoms with Gasteiger partial charge in [0.05, 0.1) is 11.6 Å². The Morgan fingerprint density at radius 1 is 0.450 bits per heavy atom. The Labute approximate surface area is 230 Å². The summed E-state index contributed by atoms with van der Waals surface area (Å²) in [7, 11) is 0. The fraction of sp³-hybridized carbons (Fsp3) is 0. The quantitative estimate of drug-likeness (QED) is 0.237. The van der Waals surface area contributed by atoms with Crippen molar-refractivity contribution < 1.29 is 8.83 Å². The lowest BCUT2D eigenvalue weighted by molar-refractivity contribution is 0.669. The van der Waals surface area contributed by atoms with Gasteiger partial charge in [-0.05, 0) is 52.6 Å². The number of para-hydroxylation sites is 3. The molecule has 6 aromatic carbocycles. The summed E-state index contributed by atoms with van der Waals surface area (Å²) in [6, 6.07) is 45.5. The predicted octanol–water partition coefficient (Wildman–Crippen LogP) is 10.4. The molecule has 40 heavy (non-hydrogen) atoms. The number of nitrogens with zero attached hydrogens (tertiary/aromatic N) is 1. The van der Waals surface area contributed by atoms with Crippen molar-refractivity contribution in [1.82, 2.24) is 0 Å². The Kier molecular flexibility index (Phi) is 4.89. The van der Waals surface area contributed by atoms with Crippen LogP contribution < -0.4 is 0 Å². The molecule has 0 aliphatic heterocycles. The first-order valence-electron chi connectivity index (χ1n) is 13.2. The number of benzene rings is 6. The van der Waals surface area contributed by atoms with Crippen LogP contribution in [0.3, 0.4) is 0 Å². The lowest BCUT2D eigenvalue weighted by Gasteiger charge is -2.17. The van der Waals surface area contributed by atoms with Gasteiger partial charge in [-0.3, -0.25) is 0 Å².